The molecule has 1 aromatic rings. The normalized spacial score (nSPS) is 22.1. The van der Waals surface area contributed by atoms with Crippen molar-refractivity contribution < 1.29 is 18.7 Å². The van der Waals surface area contributed by atoms with Gasteiger partial charge in [-0.2, -0.15) is 0 Å². The molecule has 0 saturated carbocycles. The Morgan fingerprint density at radius 1 is 1.53 bits per heavy atom. The average Bonchev–Trinajstić information content (AvgIpc) is 2.87. The first kappa shape index (κ1) is 12.1. The van der Waals surface area contributed by atoms with E-state index in [1.807, 2.05) is 0 Å². The van der Waals surface area contributed by atoms with E-state index in [4.69, 9.17) is 14.9 Å². The van der Waals surface area contributed by atoms with E-state index in [-0.39, 0.29) is 17.9 Å². The molecule has 94 valence electrons. The number of hydrogen-bond acceptors (Lipinski definition) is 5. The molecular weight excluding hydrogens is 222 g/mol. The Morgan fingerprint density at radius 2 is 2.35 bits per heavy atom. The van der Waals surface area contributed by atoms with Crippen molar-refractivity contribution in [3.63, 3.8) is 0 Å². The van der Waals surface area contributed by atoms with Gasteiger partial charge in [0.2, 0.25) is 5.76 Å². The van der Waals surface area contributed by atoms with Crippen LogP contribution in [-0.2, 0) is 9.47 Å². The maximum Gasteiger partial charge on any atom is 0.373 e. The Kier molecular flexibility index (Phi) is 3.81. The minimum atomic E-state index is -0.493. The monoisotopic (exact) mass is 239 g/mol. The van der Waals surface area contributed by atoms with Crippen LogP contribution in [0.15, 0.2) is 16.5 Å². The standard InChI is InChI=1S/C12H17NO4/c1-15-12(14)10-6-5-9(17-10)11(13)8-4-2-3-7-16-8/h5-6,8,11H,2-4,7,13H2,1H3. The highest BCUT2D eigenvalue weighted by molar-refractivity contribution is 5.86. The van der Waals surface area contributed by atoms with Crippen molar-refractivity contribution in [1.82, 2.24) is 0 Å². The summed E-state index contributed by atoms with van der Waals surface area (Å²) < 4.78 is 15.5. The van der Waals surface area contributed by atoms with Gasteiger partial charge in [0.25, 0.3) is 0 Å². The number of esters is 1. The summed E-state index contributed by atoms with van der Waals surface area (Å²) in [4.78, 5) is 11.2. The quantitative estimate of drug-likeness (QED) is 0.811. The molecule has 0 spiro atoms. The number of nitrogens with two attached hydrogens (primary N) is 1. The number of methoxy groups -OCH3 is 1. The Bertz CT molecular complexity index is 382. The smallest absolute Gasteiger partial charge is 0.373 e. The zero-order valence-electron chi connectivity index (χ0n) is 9.85. The maximum absolute atomic E-state index is 11.2. The molecule has 2 heterocycles. The van der Waals surface area contributed by atoms with E-state index in [0.29, 0.717) is 5.76 Å². The SMILES string of the molecule is COC(=O)c1ccc(C(N)C2CCCCO2)o1. The molecule has 0 bridgehead atoms. The van der Waals surface area contributed by atoms with Gasteiger partial charge in [0.1, 0.15) is 5.76 Å². The van der Waals surface area contributed by atoms with E-state index >= 15 is 0 Å². The van der Waals surface area contributed by atoms with Crippen LogP contribution in [0.5, 0.6) is 0 Å². The second kappa shape index (κ2) is 5.33. The third kappa shape index (κ3) is 2.68. The lowest BCUT2D eigenvalue weighted by atomic mass is 10.0. The van der Waals surface area contributed by atoms with Crippen molar-refractivity contribution in [2.24, 2.45) is 5.73 Å². The van der Waals surface area contributed by atoms with Crippen molar-refractivity contribution in [3.05, 3.63) is 23.7 Å². The highest BCUT2D eigenvalue weighted by Crippen LogP contribution is 2.25. The number of hydrogen-bond donors (Lipinski definition) is 1. The van der Waals surface area contributed by atoms with Crippen molar-refractivity contribution in [2.75, 3.05) is 13.7 Å². The highest BCUT2D eigenvalue weighted by atomic mass is 16.5. The number of furan rings is 1. The second-order valence-corrected chi connectivity index (χ2v) is 4.12. The minimum Gasteiger partial charge on any atom is -0.463 e. The van der Waals surface area contributed by atoms with Crippen LogP contribution in [0, 0.1) is 0 Å². The van der Waals surface area contributed by atoms with Crippen molar-refractivity contribution in [3.8, 4) is 0 Å². The molecule has 2 rings (SSSR count). The number of carbonyl (C=O) groups excluding carboxylic acids is 1. The molecule has 5 heteroatoms. The lowest BCUT2D eigenvalue weighted by molar-refractivity contribution is -0.00425. The Balaban J connectivity index is 2.05. The van der Waals surface area contributed by atoms with Crippen LogP contribution >= 0.6 is 0 Å². The molecule has 0 amide bonds. The van der Waals surface area contributed by atoms with Crippen LogP contribution in [0.3, 0.4) is 0 Å². The van der Waals surface area contributed by atoms with Gasteiger partial charge in [0.15, 0.2) is 0 Å². The summed E-state index contributed by atoms with van der Waals surface area (Å²) >= 11 is 0. The van der Waals surface area contributed by atoms with Gasteiger partial charge in [0, 0.05) is 6.61 Å². The molecule has 0 aliphatic carbocycles. The van der Waals surface area contributed by atoms with Gasteiger partial charge in [-0.3, -0.25) is 0 Å². The average molecular weight is 239 g/mol. The van der Waals surface area contributed by atoms with Gasteiger partial charge in [-0.1, -0.05) is 0 Å². The van der Waals surface area contributed by atoms with E-state index < -0.39 is 5.97 Å². The largest absolute Gasteiger partial charge is 0.463 e. The number of carbonyl (C=O) groups is 1. The lowest BCUT2D eigenvalue weighted by Gasteiger charge is -2.26. The first-order valence-electron chi connectivity index (χ1n) is 5.77. The number of rotatable bonds is 3. The molecule has 2 unspecified atom stereocenters. The Morgan fingerprint density at radius 3 is 3.00 bits per heavy atom. The fourth-order valence-corrected chi connectivity index (χ4v) is 1.97. The van der Waals surface area contributed by atoms with Crippen LogP contribution in [0.4, 0.5) is 0 Å². The third-order valence-electron chi connectivity index (χ3n) is 2.96. The molecular formula is C12H17NO4. The van der Waals surface area contributed by atoms with Crippen molar-refractivity contribution >= 4 is 5.97 Å². The fraction of sp³-hybridized carbons (Fsp3) is 0.583. The topological polar surface area (TPSA) is 74.7 Å². The lowest BCUT2D eigenvalue weighted by Crippen LogP contribution is -2.31. The van der Waals surface area contributed by atoms with Crippen LogP contribution in [0.25, 0.3) is 0 Å². The van der Waals surface area contributed by atoms with Gasteiger partial charge < -0.3 is 19.6 Å². The third-order valence-corrected chi connectivity index (χ3v) is 2.96. The predicted molar refractivity (Wildman–Crippen MR) is 60.6 cm³/mol. The van der Waals surface area contributed by atoms with E-state index in [9.17, 15) is 4.79 Å². The van der Waals surface area contributed by atoms with Crippen molar-refractivity contribution in [2.45, 2.75) is 31.4 Å². The summed E-state index contributed by atoms with van der Waals surface area (Å²) in [6.07, 6.45) is 3.09. The summed E-state index contributed by atoms with van der Waals surface area (Å²) in [5, 5.41) is 0. The second-order valence-electron chi connectivity index (χ2n) is 4.12. The summed E-state index contributed by atoms with van der Waals surface area (Å²) in [7, 11) is 1.31. The van der Waals surface area contributed by atoms with Crippen LogP contribution in [0.2, 0.25) is 0 Å². The zero-order valence-corrected chi connectivity index (χ0v) is 9.85. The molecule has 1 aliphatic heterocycles. The van der Waals surface area contributed by atoms with Gasteiger partial charge in [0.05, 0.1) is 19.3 Å². The Labute approximate surface area is 99.9 Å². The van der Waals surface area contributed by atoms with Gasteiger partial charge in [-0.15, -0.1) is 0 Å². The molecule has 1 aliphatic rings. The Hall–Kier alpha value is -1.33. The summed E-state index contributed by atoms with van der Waals surface area (Å²) in [5.74, 6) is 0.249. The summed E-state index contributed by atoms with van der Waals surface area (Å²) in [6, 6.07) is 2.95. The molecule has 0 aromatic carbocycles. The summed E-state index contributed by atoms with van der Waals surface area (Å²) in [5.41, 5.74) is 6.05. The zero-order chi connectivity index (χ0) is 12.3. The van der Waals surface area contributed by atoms with Gasteiger partial charge in [-0.05, 0) is 31.4 Å². The van der Waals surface area contributed by atoms with Crippen molar-refractivity contribution in [1.29, 1.82) is 0 Å². The molecule has 5 nitrogen and oxygen atoms in total. The molecule has 2 atom stereocenters. The highest BCUT2D eigenvalue weighted by Gasteiger charge is 2.26. The molecule has 1 fully saturated rings. The summed E-state index contributed by atoms with van der Waals surface area (Å²) in [6.45, 7) is 0.739. The molecule has 0 radical (unpaired) electrons. The fourth-order valence-electron chi connectivity index (χ4n) is 1.97. The van der Waals surface area contributed by atoms with E-state index in [0.717, 1.165) is 25.9 Å². The van der Waals surface area contributed by atoms with Crippen LogP contribution in [0.1, 0.15) is 41.6 Å². The van der Waals surface area contributed by atoms with E-state index in [2.05, 4.69) is 4.74 Å². The minimum absolute atomic E-state index is 0.0274. The van der Waals surface area contributed by atoms with Gasteiger partial charge >= 0.3 is 5.97 Å². The predicted octanol–water partition coefficient (Wildman–Crippen LogP) is 1.64. The first-order valence-corrected chi connectivity index (χ1v) is 5.77. The van der Waals surface area contributed by atoms with E-state index in [1.54, 1.807) is 12.1 Å². The molecule has 2 N–H and O–H groups in total. The van der Waals surface area contributed by atoms with E-state index in [1.165, 1.54) is 7.11 Å². The van der Waals surface area contributed by atoms with Crippen LogP contribution in [-0.4, -0.2) is 25.8 Å². The molecule has 1 saturated heterocycles. The maximum atomic E-state index is 11.2. The molecule has 17 heavy (non-hydrogen) atoms. The van der Waals surface area contributed by atoms with Gasteiger partial charge in [-0.25, -0.2) is 4.79 Å². The molecule has 1 aromatic heterocycles. The first-order chi connectivity index (χ1) is 8.22. The number of ether oxygens (including phenoxy) is 2. The van der Waals surface area contributed by atoms with Crippen LogP contribution < -0.4 is 5.73 Å².